The molecule has 8 heteroatoms. The first-order valence-corrected chi connectivity index (χ1v) is 11.8. The van der Waals surface area contributed by atoms with Gasteiger partial charge in [-0.2, -0.15) is 4.98 Å². The van der Waals surface area contributed by atoms with Gasteiger partial charge in [0.2, 0.25) is 11.7 Å². The van der Waals surface area contributed by atoms with E-state index in [2.05, 4.69) is 22.0 Å². The fraction of sp³-hybridized carbons (Fsp3) is 0.423. The van der Waals surface area contributed by atoms with E-state index >= 15 is 0 Å². The van der Waals surface area contributed by atoms with Gasteiger partial charge in [0.15, 0.2) is 11.5 Å². The summed E-state index contributed by atoms with van der Waals surface area (Å²) in [5.74, 6) is 2.43. The highest BCUT2D eigenvalue weighted by molar-refractivity contribution is 5.95. The van der Waals surface area contributed by atoms with Crippen molar-refractivity contribution in [2.75, 3.05) is 39.4 Å². The zero-order valence-corrected chi connectivity index (χ0v) is 20.3. The summed E-state index contributed by atoms with van der Waals surface area (Å²) in [6.07, 6.45) is 0. The monoisotopic (exact) mass is 464 g/mol. The number of aryl methyl sites for hydroxylation is 1. The minimum Gasteiger partial charge on any atom is -0.490 e. The summed E-state index contributed by atoms with van der Waals surface area (Å²) >= 11 is 0. The van der Waals surface area contributed by atoms with Crippen LogP contribution in [0.25, 0.3) is 11.4 Å². The van der Waals surface area contributed by atoms with Crippen molar-refractivity contribution in [1.29, 1.82) is 0 Å². The van der Waals surface area contributed by atoms with Gasteiger partial charge in [0, 0.05) is 37.3 Å². The Morgan fingerprint density at radius 2 is 1.68 bits per heavy atom. The Balaban J connectivity index is 1.38. The van der Waals surface area contributed by atoms with Gasteiger partial charge >= 0.3 is 0 Å². The second-order valence-corrected chi connectivity index (χ2v) is 8.35. The van der Waals surface area contributed by atoms with Crippen LogP contribution in [0.4, 0.5) is 0 Å². The Labute approximate surface area is 200 Å². The maximum absolute atomic E-state index is 13.1. The van der Waals surface area contributed by atoms with Gasteiger partial charge in [0.1, 0.15) is 0 Å². The Bertz CT molecular complexity index is 1100. The summed E-state index contributed by atoms with van der Waals surface area (Å²) in [4.78, 5) is 21.9. The number of benzene rings is 2. The lowest BCUT2D eigenvalue weighted by atomic mass is 10.1. The average molecular weight is 465 g/mol. The Kier molecular flexibility index (Phi) is 7.47. The molecular weight excluding hydrogens is 432 g/mol. The van der Waals surface area contributed by atoms with Gasteiger partial charge in [-0.15, -0.1) is 0 Å². The van der Waals surface area contributed by atoms with Crippen molar-refractivity contribution in [2.24, 2.45) is 0 Å². The van der Waals surface area contributed by atoms with Crippen LogP contribution >= 0.6 is 0 Å². The molecule has 1 atom stereocenters. The van der Waals surface area contributed by atoms with E-state index in [0.717, 1.165) is 18.7 Å². The van der Waals surface area contributed by atoms with Crippen molar-refractivity contribution in [3.8, 4) is 22.9 Å². The molecule has 1 aromatic heterocycles. The summed E-state index contributed by atoms with van der Waals surface area (Å²) < 4.78 is 16.9. The zero-order valence-electron chi connectivity index (χ0n) is 20.3. The molecule has 1 aliphatic rings. The zero-order chi connectivity index (χ0) is 24.1. The van der Waals surface area contributed by atoms with Crippen molar-refractivity contribution in [1.82, 2.24) is 19.9 Å². The minimum absolute atomic E-state index is 0.00393. The largest absolute Gasteiger partial charge is 0.490 e. The van der Waals surface area contributed by atoms with Crippen molar-refractivity contribution in [3.05, 3.63) is 59.5 Å². The van der Waals surface area contributed by atoms with Gasteiger partial charge < -0.3 is 18.9 Å². The number of nitrogens with zero attached hydrogens (tertiary/aromatic N) is 4. The molecule has 1 unspecified atom stereocenters. The van der Waals surface area contributed by atoms with Crippen LogP contribution in [0.15, 0.2) is 47.0 Å². The highest BCUT2D eigenvalue weighted by Gasteiger charge is 2.28. The number of aromatic nitrogens is 2. The van der Waals surface area contributed by atoms with Gasteiger partial charge in [-0.25, -0.2) is 0 Å². The average Bonchev–Trinajstić information content (AvgIpc) is 3.35. The van der Waals surface area contributed by atoms with E-state index in [-0.39, 0.29) is 11.9 Å². The summed E-state index contributed by atoms with van der Waals surface area (Å²) in [5, 5.41) is 4.16. The van der Waals surface area contributed by atoms with Crippen molar-refractivity contribution in [2.45, 2.75) is 33.7 Å². The van der Waals surface area contributed by atoms with Crippen LogP contribution in [0, 0.1) is 6.92 Å². The molecule has 0 saturated carbocycles. The number of hydrogen-bond acceptors (Lipinski definition) is 7. The second kappa shape index (κ2) is 10.7. The number of carbonyl (C=O) groups is 1. The molecule has 2 aromatic carbocycles. The van der Waals surface area contributed by atoms with E-state index < -0.39 is 0 Å². The predicted octanol–water partition coefficient (Wildman–Crippen LogP) is 4.36. The molecule has 0 N–H and O–H groups in total. The van der Waals surface area contributed by atoms with Crippen LogP contribution in [-0.2, 0) is 0 Å². The quantitative estimate of drug-likeness (QED) is 0.490. The molecule has 180 valence electrons. The molecule has 34 heavy (non-hydrogen) atoms. The van der Waals surface area contributed by atoms with E-state index in [1.807, 2.05) is 49.9 Å². The number of hydrogen-bond donors (Lipinski definition) is 0. The molecule has 4 rings (SSSR count). The van der Waals surface area contributed by atoms with Crippen molar-refractivity contribution < 1.29 is 18.8 Å². The van der Waals surface area contributed by atoms with Gasteiger partial charge in [-0.1, -0.05) is 35.0 Å². The molecule has 0 bridgehead atoms. The Morgan fingerprint density at radius 1 is 1.00 bits per heavy atom. The number of piperazine rings is 1. The molecule has 3 aromatic rings. The van der Waals surface area contributed by atoms with E-state index in [1.54, 1.807) is 18.2 Å². The molecule has 0 radical (unpaired) electrons. The maximum Gasteiger partial charge on any atom is 0.254 e. The lowest BCUT2D eigenvalue weighted by Gasteiger charge is -2.36. The number of rotatable bonds is 8. The molecule has 8 nitrogen and oxygen atoms in total. The standard InChI is InChI=1S/C26H32N4O4/c1-5-32-22-12-11-21(17-23(22)33-6-2)26(31)30-15-13-29(14-16-30)19(4)25-27-24(28-34-25)20-9-7-18(3)8-10-20/h7-12,17,19H,5-6,13-16H2,1-4H3. The van der Waals surface area contributed by atoms with Gasteiger partial charge in [0.25, 0.3) is 5.91 Å². The second-order valence-electron chi connectivity index (χ2n) is 8.35. The van der Waals surface area contributed by atoms with Crippen molar-refractivity contribution >= 4 is 5.91 Å². The fourth-order valence-corrected chi connectivity index (χ4v) is 4.06. The minimum atomic E-state index is -0.0287. The Morgan fingerprint density at radius 3 is 2.35 bits per heavy atom. The molecule has 1 amide bonds. The van der Waals surface area contributed by atoms with E-state index in [4.69, 9.17) is 14.0 Å². The molecule has 1 fully saturated rings. The smallest absolute Gasteiger partial charge is 0.254 e. The first-order chi connectivity index (χ1) is 16.5. The lowest BCUT2D eigenvalue weighted by molar-refractivity contribution is 0.0551. The number of carbonyl (C=O) groups excluding carboxylic acids is 1. The van der Waals surface area contributed by atoms with Crippen molar-refractivity contribution in [3.63, 3.8) is 0 Å². The van der Waals surface area contributed by atoms with Crippen LogP contribution < -0.4 is 9.47 Å². The third-order valence-corrected chi connectivity index (χ3v) is 6.05. The summed E-state index contributed by atoms with van der Waals surface area (Å²) in [5.41, 5.74) is 2.73. The molecule has 2 heterocycles. The van der Waals surface area contributed by atoms with E-state index in [9.17, 15) is 4.79 Å². The molecule has 1 aliphatic heterocycles. The molecule has 0 aliphatic carbocycles. The fourth-order valence-electron chi connectivity index (χ4n) is 4.06. The van der Waals surface area contributed by atoms with Gasteiger partial charge in [-0.05, 0) is 45.9 Å². The first-order valence-electron chi connectivity index (χ1n) is 11.8. The van der Waals surface area contributed by atoms with E-state index in [0.29, 0.717) is 55.1 Å². The third-order valence-electron chi connectivity index (χ3n) is 6.05. The normalized spacial score (nSPS) is 15.2. The highest BCUT2D eigenvalue weighted by Crippen LogP contribution is 2.30. The van der Waals surface area contributed by atoms with Crippen LogP contribution in [0.3, 0.4) is 0 Å². The van der Waals surface area contributed by atoms with Crippen LogP contribution in [0.5, 0.6) is 11.5 Å². The molecule has 1 saturated heterocycles. The number of amides is 1. The SMILES string of the molecule is CCOc1ccc(C(=O)N2CCN(C(C)c3nc(-c4ccc(C)cc4)no3)CC2)cc1OCC. The van der Waals surface area contributed by atoms with E-state index in [1.165, 1.54) is 5.56 Å². The molecule has 0 spiro atoms. The Hall–Kier alpha value is -3.39. The van der Waals surface area contributed by atoms with Gasteiger partial charge in [0.05, 0.1) is 19.3 Å². The van der Waals surface area contributed by atoms with Crippen LogP contribution in [0.2, 0.25) is 0 Å². The van der Waals surface area contributed by atoms with Gasteiger partial charge in [-0.3, -0.25) is 9.69 Å². The van der Waals surface area contributed by atoms with Crippen LogP contribution in [0.1, 0.15) is 48.6 Å². The summed E-state index contributed by atoms with van der Waals surface area (Å²) in [7, 11) is 0. The van der Waals surface area contributed by atoms with Crippen LogP contribution in [-0.4, -0.2) is 65.2 Å². The topological polar surface area (TPSA) is 80.9 Å². The summed E-state index contributed by atoms with van der Waals surface area (Å²) in [6.45, 7) is 11.7. The summed E-state index contributed by atoms with van der Waals surface area (Å²) in [6, 6.07) is 13.4. The first kappa shape index (κ1) is 23.8. The predicted molar refractivity (Wildman–Crippen MR) is 129 cm³/mol. The number of ether oxygens (including phenoxy) is 2. The highest BCUT2D eigenvalue weighted by atomic mass is 16.5. The lowest BCUT2D eigenvalue weighted by Crippen LogP contribution is -2.49. The third kappa shape index (κ3) is 5.22. The molecular formula is C26H32N4O4. The maximum atomic E-state index is 13.1.